The average Bonchev–Trinajstić information content (AvgIpc) is 2.47. The number of amides is 1. The third kappa shape index (κ3) is 4.32. The van der Waals surface area contributed by atoms with Crippen LogP contribution in [0.1, 0.15) is 29.8 Å². The van der Waals surface area contributed by atoms with Crippen LogP contribution in [-0.4, -0.2) is 14.3 Å². The average molecular weight is 333 g/mol. The molecule has 5 nitrogen and oxygen atoms in total. The Balaban J connectivity index is 2.27. The summed E-state index contributed by atoms with van der Waals surface area (Å²) in [5, 5.41) is 0. The molecule has 1 amide bonds. The molecule has 0 aliphatic rings. The smallest absolute Gasteiger partial charge is 0.339 e. The Morgan fingerprint density at radius 1 is 1.09 bits per heavy atom. The van der Waals surface area contributed by atoms with Gasteiger partial charge in [0.2, 0.25) is 0 Å². The first kappa shape index (κ1) is 17.0. The lowest BCUT2D eigenvalue weighted by Gasteiger charge is -2.10. The molecule has 23 heavy (non-hydrogen) atoms. The Labute approximate surface area is 136 Å². The molecule has 0 fully saturated rings. The Hall–Kier alpha value is -2.34. The van der Waals surface area contributed by atoms with E-state index in [1.807, 2.05) is 0 Å². The van der Waals surface area contributed by atoms with Gasteiger partial charge in [-0.05, 0) is 42.2 Å². The molecular weight excluding hydrogens is 314 g/mol. The maximum Gasteiger partial charge on any atom is 0.339 e. The van der Waals surface area contributed by atoms with Crippen molar-refractivity contribution >= 4 is 16.0 Å². The van der Waals surface area contributed by atoms with E-state index in [4.69, 9.17) is 9.92 Å². The summed E-state index contributed by atoms with van der Waals surface area (Å²) in [6.07, 6.45) is 0.867. The lowest BCUT2D eigenvalue weighted by Crippen LogP contribution is -2.16. The quantitative estimate of drug-likeness (QED) is 0.824. The normalized spacial score (nSPS) is 11.4. The van der Waals surface area contributed by atoms with Crippen molar-refractivity contribution in [2.45, 2.75) is 25.2 Å². The molecule has 2 aromatic rings. The van der Waals surface area contributed by atoms with Crippen molar-refractivity contribution in [3.8, 4) is 5.75 Å². The van der Waals surface area contributed by atoms with Crippen molar-refractivity contribution in [1.82, 2.24) is 0 Å². The van der Waals surface area contributed by atoms with Crippen LogP contribution < -0.4 is 9.92 Å². The van der Waals surface area contributed by atoms with E-state index in [0.717, 1.165) is 12.0 Å². The fourth-order valence-electron chi connectivity index (χ4n) is 2.17. The van der Waals surface area contributed by atoms with Gasteiger partial charge in [-0.3, -0.25) is 4.79 Å². The van der Waals surface area contributed by atoms with Gasteiger partial charge in [0.05, 0.1) is 5.56 Å². The summed E-state index contributed by atoms with van der Waals surface area (Å²) in [5.41, 5.74) is 6.30. The van der Waals surface area contributed by atoms with Crippen molar-refractivity contribution in [3.63, 3.8) is 0 Å². The molecule has 0 radical (unpaired) electrons. The molecule has 0 unspecified atom stereocenters. The Morgan fingerprint density at radius 2 is 1.70 bits per heavy atom. The van der Waals surface area contributed by atoms with Crippen LogP contribution in [0, 0.1) is 5.92 Å². The van der Waals surface area contributed by atoms with Gasteiger partial charge in [-0.2, -0.15) is 8.42 Å². The van der Waals surface area contributed by atoms with Crippen molar-refractivity contribution in [3.05, 3.63) is 59.7 Å². The van der Waals surface area contributed by atoms with E-state index in [9.17, 15) is 13.2 Å². The van der Waals surface area contributed by atoms with E-state index in [2.05, 4.69) is 13.8 Å². The number of carbonyl (C=O) groups excluding carboxylic acids is 1. The second kappa shape index (κ2) is 6.83. The van der Waals surface area contributed by atoms with Gasteiger partial charge < -0.3 is 9.92 Å². The summed E-state index contributed by atoms with van der Waals surface area (Å²) in [6, 6.07) is 12.5. The van der Waals surface area contributed by atoms with Crippen LogP contribution in [0.15, 0.2) is 53.4 Å². The predicted octanol–water partition coefficient (Wildman–Crippen LogP) is 2.75. The first-order valence-corrected chi connectivity index (χ1v) is 8.62. The molecule has 0 aliphatic carbocycles. The monoisotopic (exact) mass is 333 g/mol. The molecule has 0 aliphatic heterocycles. The minimum Gasteiger partial charge on any atom is -0.378 e. The van der Waals surface area contributed by atoms with Crippen LogP contribution in [0.5, 0.6) is 5.75 Å². The second-order valence-corrected chi connectivity index (χ2v) is 7.19. The number of rotatable bonds is 6. The highest BCUT2D eigenvalue weighted by atomic mass is 32.2. The zero-order valence-electron chi connectivity index (χ0n) is 13.0. The maximum atomic E-state index is 12.3. The molecule has 6 heteroatoms. The summed E-state index contributed by atoms with van der Waals surface area (Å²) in [5.74, 6) is -0.342. The van der Waals surface area contributed by atoms with Crippen molar-refractivity contribution in [2.24, 2.45) is 11.7 Å². The van der Waals surface area contributed by atoms with Crippen LogP contribution >= 0.6 is 0 Å². The van der Waals surface area contributed by atoms with Gasteiger partial charge in [-0.1, -0.05) is 38.1 Å². The predicted molar refractivity (Wildman–Crippen MR) is 87.8 cm³/mol. The number of benzene rings is 2. The second-order valence-electron chi connectivity index (χ2n) is 5.64. The van der Waals surface area contributed by atoms with E-state index in [1.165, 1.54) is 24.3 Å². The van der Waals surface area contributed by atoms with Crippen LogP contribution in [0.3, 0.4) is 0 Å². The number of hydrogen-bond donors (Lipinski definition) is 1. The zero-order valence-corrected chi connectivity index (χ0v) is 13.8. The van der Waals surface area contributed by atoms with Crippen LogP contribution in [0.25, 0.3) is 0 Å². The molecule has 2 rings (SSSR count). The number of hydrogen-bond acceptors (Lipinski definition) is 4. The minimum absolute atomic E-state index is 0.0208. The van der Waals surface area contributed by atoms with Crippen molar-refractivity contribution < 1.29 is 17.4 Å². The third-order valence-corrected chi connectivity index (χ3v) is 4.46. The summed E-state index contributed by atoms with van der Waals surface area (Å²) in [6.45, 7) is 4.18. The number of nitrogens with two attached hydrogens (primary N) is 1. The largest absolute Gasteiger partial charge is 0.378 e. The third-order valence-electron chi connectivity index (χ3n) is 3.21. The van der Waals surface area contributed by atoms with Crippen LogP contribution in [0.4, 0.5) is 0 Å². The van der Waals surface area contributed by atoms with Crippen LogP contribution in [-0.2, 0) is 16.5 Å². The van der Waals surface area contributed by atoms with Gasteiger partial charge >= 0.3 is 10.1 Å². The van der Waals surface area contributed by atoms with Gasteiger partial charge in [0.15, 0.2) is 5.75 Å². The lowest BCUT2D eigenvalue weighted by molar-refractivity contribution is 0.0999. The molecule has 0 saturated carbocycles. The molecule has 122 valence electrons. The van der Waals surface area contributed by atoms with E-state index in [0.29, 0.717) is 5.92 Å². The summed E-state index contributed by atoms with van der Waals surface area (Å²) >= 11 is 0. The molecule has 0 bridgehead atoms. The van der Waals surface area contributed by atoms with Crippen LogP contribution in [0.2, 0.25) is 0 Å². The fraction of sp³-hybridized carbons (Fsp3) is 0.235. The molecule has 0 aromatic heterocycles. The first-order valence-electron chi connectivity index (χ1n) is 7.22. The van der Waals surface area contributed by atoms with Gasteiger partial charge in [-0.15, -0.1) is 0 Å². The fourth-order valence-corrected chi connectivity index (χ4v) is 3.12. The number of para-hydroxylation sites is 1. The lowest BCUT2D eigenvalue weighted by atomic mass is 10.0. The molecule has 2 N–H and O–H groups in total. The molecule has 2 aromatic carbocycles. The van der Waals surface area contributed by atoms with E-state index < -0.39 is 16.0 Å². The molecule has 0 heterocycles. The summed E-state index contributed by atoms with van der Waals surface area (Å²) in [4.78, 5) is 11.4. The molecule has 0 spiro atoms. The molecule has 0 saturated heterocycles. The van der Waals surface area contributed by atoms with Gasteiger partial charge in [0, 0.05) is 0 Å². The molecule has 0 atom stereocenters. The Bertz CT molecular complexity index is 796. The minimum atomic E-state index is -4.02. The first-order chi connectivity index (χ1) is 10.8. The Kier molecular flexibility index (Phi) is 5.05. The van der Waals surface area contributed by atoms with Crippen molar-refractivity contribution in [1.29, 1.82) is 0 Å². The zero-order chi connectivity index (χ0) is 17.0. The Morgan fingerprint density at radius 3 is 2.26 bits per heavy atom. The van der Waals surface area contributed by atoms with Gasteiger partial charge in [0.1, 0.15) is 4.90 Å². The van der Waals surface area contributed by atoms with Gasteiger partial charge in [0.25, 0.3) is 5.91 Å². The van der Waals surface area contributed by atoms with E-state index in [-0.39, 0.29) is 16.2 Å². The van der Waals surface area contributed by atoms with E-state index in [1.54, 1.807) is 24.3 Å². The SMILES string of the molecule is CC(C)Cc1ccc(S(=O)(=O)Oc2ccccc2C(N)=O)cc1. The topological polar surface area (TPSA) is 86.5 Å². The summed E-state index contributed by atoms with van der Waals surface area (Å²) in [7, 11) is -4.02. The highest BCUT2D eigenvalue weighted by Gasteiger charge is 2.20. The maximum absolute atomic E-state index is 12.3. The van der Waals surface area contributed by atoms with Crippen molar-refractivity contribution in [2.75, 3.05) is 0 Å². The highest BCUT2D eigenvalue weighted by molar-refractivity contribution is 7.87. The number of primary amides is 1. The highest BCUT2D eigenvalue weighted by Crippen LogP contribution is 2.23. The summed E-state index contributed by atoms with van der Waals surface area (Å²) < 4.78 is 29.7. The van der Waals surface area contributed by atoms with Gasteiger partial charge in [-0.25, -0.2) is 0 Å². The standard InChI is InChI=1S/C17H19NO4S/c1-12(2)11-13-7-9-14(10-8-13)23(20,21)22-16-6-4-3-5-15(16)17(18)19/h3-10,12H,11H2,1-2H3,(H2,18,19). The molecular formula is C17H19NO4S. The van der Waals surface area contributed by atoms with E-state index >= 15 is 0 Å². The number of carbonyl (C=O) groups is 1.